The maximum Gasteiger partial charge on any atom is 0.335 e. The molecule has 1 aliphatic rings. The number of aliphatic carboxylic acids is 1. The number of carboxylic acids is 1. The molecule has 0 aromatic rings. The van der Waals surface area contributed by atoms with Gasteiger partial charge >= 0.3 is 17.9 Å². The second-order valence-corrected chi connectivity index (χ2v) is 14.8. The van der Waals surface area contributed by atoms with Crippen molar-refractivity contribution >= 4 is 17.9 Å². The Hall–Kier alpha value is -3.35. The van der Waals surface area contributed by atoms with E-state index in [1.807, 2.05) is 0 Å². The van der Waals surface area contributed by atoms with Gasteiger partial charge in [0, 0.05) is 12.8 Å². The Morgan fingerprint density at radius 2 is 1.02 bits per heavy atom. The number of hydrogen-bond acceptors (Lipinski definition) is 10. The number of carbonyl (C=O) groups excluding carboxylic acids is 2. The van der Waals surface area contributed by atoms with Gasteiger partial charge in [-0.15, -0.1) is 0 Å². The van der Waals surface area contributed by atoms with E-state index in [0.29, 0.717) is 12.8 Å². The van der Waals surface area contributed by atoms with Crippen molar-refractivity contribution in [3.8, 4) is 0 Å². The Morgan fingerprint density at radius 1 is 0.552 bits per heavy atom. The minimum atomic E-state index is -1.87. The summed E-state index contributed by atoms with van der Waals surface area (Å²) in [5.74, 6) is -2.51. The number of aliphatic hydroxyl groups is 3. The second-order valence-electron chi connectivity index (χ2n) is 14.8. The van der Waals surface area contributed by atoms with Crippen LogP contribution >= 0.6 is 0 Å². The number of carboxylic acid groups (broad SMARTS) is 1. The lowest BCUT2D eigenvalue weighted by Gasteiger charge is -2.38. The molecule has 11 heteroatoms. The van der Waals surface area contributed by atoms with Crippen LogP contribution in [-0.4, -0.2) is 88.4 Å². The van der Waals surface area contributed by atoms with Crippen molar-refractivity contribution in [1.29, 1.82) is 0 Å². The van der Waals surface area contributed by atoms with Crippen LogP contribution in [0, 0.1) is 0 Å². The molecule has 0 aliphatic carbocycles. The van der Waals surface area contributed by atoms with Crippen molar-refractivity contribution < 1.29 is 53.8 Å². The first-order chi connectivity index (χ1) is 28.2. The second kappa shape index (κ2) is 36.7. The normalized spacial score (nSPS) is 20.7. The smallest absolute Gasteiger partial charge is 0.335 e. The van der Waals surface area contributed by atoms with E-state index in [1.54, 1.807) is 0 Å². The minimum Gasteiger partial charge on any atom is -0.479 e. The van der Waals surface area contributed by atoms with Crippen LogP contribution < -0.4 is 0 Å². The summed E-state index contributed by atoms with van der Waals surface area (Å²) in [5, 5.41) is 39.8. The van der Waals surface area contributed by atoms with Crippen LogP contribution in [-0.2, 0) is 33.3 Å². The van der Waals surface area contributed by atoms with Crippen LogP contribution in [0.4, 0.5) is 0 Å². The summed E-state index contributed by atoms with van der Waals surface area (Å²) in [6.45, 7) is 3.61. The monoisotopic (exact) mass is 817 g/mol. The molecule has 6 atom stereocenters. The van der Waals surface area contributed by atoms with E-state index in [2.05, 4.69) is 86.8 Å². The minimum absolute atomic E-state index is 0.141. The third-order valence-corrected chi connectivity index (χ3v) is 9.54. The number of hydrogen-bond donors (Lipinski definition) is 4. The van der Waals surface area contributed by atoms with E-state index in [4.69, 9.17) is 18.9 Å². The molecule has 0 bridgehead atoms. The van der Waals surface area contributed by atoms with Crippen LogP contribution in [0.1, 0.15) is 155 Å². The van der Waals surface area contributed by atoms with E-state index >= 15 is 0 Å². The van der Waals surface area contributed by atoms with Gasteiger partial charge in [0.25, 0.3) is 0 Å². The van der Waals surface area contributed by atoms with Gasteiger partial charge in [0.15, 0.2) is 18.5 Å². The molecule has 0 amide bonds. The van der Waals surface area contributed by atoms with Crippen LogP contribution in [0.3, 0.4) is 0 Å². The zero-order valence-corrected chi connectivity index (χ0v) is 35.5. The first-order valence-electron chi connectivity index (χ1n) is 22.0. The summed E-state index contributed by atoms with van der Waals surface area (Å²) in [6.07, 6.45) is 36.7. The molecule has 11 nitrogen and oxygen atoms in total. The van der Waals surface area contributed by atoms with Crippen molar-refractivity contribution in [1.82, 2.24) is 0 Å². The van der Waals surface area contributed by atoms with Gasteiger partial charge in [-0.2, -0.15) is 0 Å². The molecule has 4 N–H and O–H groups in total. The van der Waals surface area contributed by atoms with E-state index in [1.165, 1.54) is 25.7 Å². The van der Waals surface area contributed by atoms with Gasteiger partial charge in [0.05, 0.1) is 6.61 Å². The number of aliphatic hydroxyl groups excluding tert-OH is 3. The predicted octanol–water partition coefficient (Wildman–Crippen LogP) is 9.31. The average molecular weight is 817 g/mol. The van der Waals surface area contributed by atoms with Crippen LogP contribution in [0.25, 0.3) is 0 Å². The van der Waals surface area contributed by atoms with Gasteiger partial charge < -0.3 is 39.4 Å². The molecule has 58 heavy (non-hydrogen) atoms. The molecule has 0 saturated carbocycles. The molecule has 0 radical (unpaired) electrons. The van der Waals surface area contributed by atoms with E-state index in [9.17, 15) is 34.8 Å². The third-order valence-electron chi connectivity index (χ3n) is 9.54. The van der Waals surface area contributed by atoms with Crippen LogP contribution in [0.15, 0.2) is 72.9 Å². The quantitative estimate of drug-likeness (QED) is 0.0273. The number of carbonyl (C=O) groups is 3. The molecule has 330 valence electrons. The summed E-state index contributed by atoms with van der Waals surface area (Å²) in [5.41, 5.74) is 0. The van der Waals surface area contributed by atoms with Gasteiger partial charge in [0.1, 0.15) is 24.9 Å². The highest BCUT2D eigenvalue weighted by atomic mass is 16.7. The number of rotatable bonds is 35. The molecule has 1 fully saturated rings. The van der Waals surface area contributed by atoms with Crippen molar-refractivity contribution in [2.45, 2.75) is 192 Å². The van der Waals surface area contributed by atoms with Crippen molar-refractivity contribution in [3.63, 3.8) is 0 Å². The highest BCUT2D eigenvalue weighted by molar-refractivity contribution is 5.73. The molecular weight excluding hydrogens is 741 g/mol. The lowest BCUT2D eigenvalue weighted by Crippen LogP contribution is -2.60. The Morgan fingerprint density at radius 3 is 1.55 bits per heavy atom. The maximum absolute atomic E-state index is 12.7. The summed E-state index contributed by atoms with van der Waals surface area (Å²) >= 11 is 0. The molecule has 1 aliphatic heterocycles. The first kappa shape index (κ1) is 52.7. The van der Waals surface area contributed by atoms with E-state index in [0.717, 1.165) is 89.9 Å². The largest absolute Gasteiger partial charge is 0.479 e. The standard InChI is InChI=1S/C47H76O11/c1-3-5-7-9-11-13-15-17-18-19-20-21-22-24-25-27-29-31-33-35-40(48)55-37-39(38-56-47-44(52)42(50)43(51)45(58-47)46(53)54)57-41(49)36-34-32-30-28-26-23-16-14-12-10-8-6-4-2/h6,8,11-14,17-18,20-21,23,26,39,42-45,47,50-52H,3-5,7,9-10,15-16,19,22,24-25,27-38H2,1-2H3,(H,53,54)/b8-6-,13-11-,14-12-,18-17-,21-20-,26-23-. The third kappa shape index (κ3) is 28.1. The fourth-order valence-electron chi connectivity index (χ4n) is 6.07. The highest BCUT2D eigenvalue weighted by Crippen LogP contribution is 2.23. The zero-order valence-electron chi connectivity index (χ0n) is 35.5. The summed E-state index contributed by atoms with van der Waals surface area (Å²) in [7, 11) is 0. The topological polar surface area (TPSA) is 169 Å². The van der Waals surface area contributed by atoms with Gasteiger partial charge in [-0.3, -0.25) is 9.59 Å². The fourth-order valence-corrected chi connectivity index (χ4v) is 6.07. The molecule has 1 heterocycles. The molecular formula is C47H76O11. The number of ether oxygens (including phenoxy) is 4. The summed E-state index contributed by atoms with van der Waals surface area (Å²) in [6, 6.07) is 0. The van der Waals surface area contributed by atoms with Crippen molar-refractivity contribution in [2.75, 3.05) is 13.2 Å². The number of esters is 2. The molecule has 0 aromatic carbocycles. The number of unbranched alkanes of at least 4 members (excludes halogenated alkanes) is 12. The van der Waals surface area contributed by atoms with Gasteiger partial charge in [-0.05, 0) is 83.5 Å². The SMILES string of the molecule is CC/C=C\C/C=C\C/C=C\CCCCCC(=O)OC(COC(=O)CCCCCCCC/C=C\C/C=C\C/C=C\CCCCC)COC1OC(C(=O)O)C(O)C(O)C1O. The Bertz CT molecular complexity index is 1240. The molecule has 0 spiro atoms. The van der Waals surface area contributed by atoms with Crippen molar-refractivity contribution in [2.24, 2.45) is 0 Å². The Balaban J connectivity index is 2.40. The van der Waals surface area contributed by atoms with E-state index in [-0.39, 0.29) is 19.4 Å². The molecule has 6 unspecified atom stereocenters. The van der Waals surface area contributed by atoms with E-state index < -0.39 is 61.3 Å². The Labute approximate surface area is 348 Å². The van der Waals surface area contributed by atoms with Crippen LogP contribution in [0.2, 0.25) is 0 Å². The molecule has 0 aromatic heterocycles. The molecule has 1 rings (SSSR count). The summed E-state index contributed by atoms with van der Waals surface area (Å²) < 4.78 is 21.7. The highest BCUT2D eigenvalue weighted by Gasteiger charge is 2.47. The first-order valence-corrected chi connectivity index (χ1v) is 22.0. The average Bonchev–Trinajstić information content (AvgIpc) is 3.21. The predicted molar refractivity (Wildman–Crippen MR) is 229 cm³/mol. The zero-order chi connectivity index (χ0) is 42.5. The van der Waals surface area contributed by atoms with Gasteiger partial charge in [-0.1, -0.05) is 132 Å². The fraction of sp³-hybridized carbons (Fsp3) is 0.681. The van der Waals surface area contributed by atoms with Gasteiger partial charge in [0.2, 0.25) is 0 Å². The van der Waals surface area contributed by atoms with Crippen LogP contribution in [0.5, 0.6) is 0 Å². The summed E-state index contributed by atoms with van der Waals surface area (Å²) in [4.78, 5) is 36.8. The number of allylic oxidation sites excluding steroid dienone is 12. The Kier molecular flexibility index (Phi) is 33.3. The maximum atomic E-state index is 12.7. The van der Waals surface area contributed by atoms with Crippen molar-refractivity contribution in [3.05, 3.63) is 72.9 Å². The lowest BCUT2D eigenvalue weighted by molar-refractivity contribution is -0.298. The lowest BCUT2D eigenvalue weighted by atomic mass is 9.99. The molecule has 1 saturated heterocycles. The van der Waals surface area contributed by atoms with Gasteiger partial charge in [-0.25, -0.2) is 4.79 Å².